The molecule has 0 radical (unpaired) electrons. The molecular formula is C23H29F2N5O2. The van der Waals surface area contributed by atoms with Gasteiger partial charge in [-0.05, 0) is 61.6 Å². The summed E-state index contributed by atoms with van der Waals surface area (Å²) in [6.07, 6.45) is 5.75. The van der Waals surface area contributed by atoms with Crippen molar-refractivity contribution in [1.82, 2.24) is 19.7 Å². The lowest BCUT2D eigenvalue weighted by molar-refractivity contribution is 0.0545. The lowest BCUT2D eigenvalue weighted by atomic mass is 10.00. The van der Waals surface area contributed by atoms with Crippen LogP contribution in [-0.4, -0.2) is 58.6 Å². The van der Waals surface area contributed by atoms with Crippen LogP contribution in [0.2, 0.25) is 0 Å². The van der Waals surface area contributed by atoms with Gasteiger partial charge in [0.05, 0.1) is 5.69 Å². The van der Waals surface area contributed by atoms with E-state index in [2.05, 4.69) is 20.4 Å². The van der Waals surface area contributed by atoms with Crippen LogP contribution in [-0.2, 0) is 4.74 Å². The maximum Gasteiger partial charge on any atom is 0.321 e. The molecule has 32 heavy (non-hydrogen) atoms. The summed E-state index contributed by atoms with van der Waals surface area (Å²) in [7, 11) is 0. The number of hydrogen-bond acceptors (Lipinski definition) is 6. The minimum Gasteiger partial charge on any atom is -0.381 e. The molecule has 1 aliphatic carbocycles. The zero-order valence-corrected chi connectivity index (χ0v) is 18.0. The molecule has 4 heterocycles. The lowest BCUT2D eigenvalue weighted by Crippen LogP contribution is -2.32. The minimum absolute atomic E-state index is 0.383. The first-order valence-corrected chi connectivity index (χ1v) is 11.5. The van der Waals surface area contributed by atoms with Gasteiger partial charge < -0.3 is 15.0 Å². The maximum absolute atomic E-state index is 12.7. The molecule has 3 aliphatic rings. The summed E-state index contributed by atoms with van der Waals surface area (Å²) in [5.41, 5.74) is 0.206. The largest absolute Gasteiger partial charge is 0.381 e. The van der Waals surface area contributed by atoms with E-state index in [1.807, 2.05) is 6.07 Å². The number of halogens is 2. The van der Waals surface area contributed by atoms with Gasteiger partial charge in [-0.1, -0.05) is 0 Å². The highest BCUT2D eigenvalue weighted by molar-refractivity contribution is 5.58. The molecule has 7 nitrogen and oxygen atoms in total. The summed E-state index contributed by atoms with van der Waals surface area (Å²) in [5.74, 6) is 2.97. The quantitative estimate of drug-likeness (QED) is 0.736. The van der Waals surface area contributed by atoms with Crippen molar-refractivity contribution < 1.29 is 13.5 Å². The van der Waals surface area contributed by atoms with Crippen LogP contribution in [0.4, 0.5) is 14.6 Å². The summed E-state index contributed by atoms with van der Waals surface area (Å²) < 4.78 is 31.3. The van der Waals surface area contributed by atoms with Crippen LogP contribution in [0.3, 0.4) is 0 Å². The first-order chi connectivity index (χ1) is 15.5. The SMILES string of the molecule is O=c1cc(-c2ccc(NC3C[C@@H]4CN(CC5CCOCC5)C[C@@H]4C3)nn2)ccn1C(F)F. The summed E-state index contributed by atoms with van der Waals surface area (Å²) in [5, 5.41) is 11.9. The molecule has 1 saturated carbocycles. The number of fused-ring (bicyclic) bond motifs is 1. The van der Waals surface area contributed by atoms with Crippen LogP contribution >= 0.6 is 0 Å². The van der Waals surface area contributed by atoms with Gasteiger partial charge in [0, 0.05) is 56.7 Å². The minimum atomic E-state index is -2.85. The van der Waals surface area contributed by atoms with Gasteiger partial charge >= 0.3 is 6.55 Å². The fourth-order valence-corrected chi connectivity index (χ4v) is 5.54. The Balaban J connectivity index is 1.14. The van der Waals surface area contributed by atoms with Gasteiger partial charge in [-0.2, -0.15) is 8.78 Å². The van der Waals surface area contributed by atoms with Crippen molar-refractivity contribution in [2.45, 2.75) is 38.3 Å². The topological polar surface area (TPSA) is 72.3 Å². The first kappa shape index (κ1) is 21.5. The fraction of sp³-hybridized carbons (Fsp3) is 0.609. The van der Waals surface area contributed by atoms with Crippen molar-refractivity contribution in [2.75, 3.05) is 38.2 Å². The number of hydrogen-bond donors (Lipinski definition) is 1. The second-order valence-electron chi connectivity index (χ2n) is 9.35. The molecule has 2 aliphatic heterocycles. The molecule has 0 spiro atoms. The number of anilines is 1. The van der Waals surface area contributed by atoms with Gasteiger partial charge in [-0.3, -0.25) is 9.36 Å². The number of rotatable bonds is 6. The Labute approximate surface area is 185 Å². The van der Waals surface area contributed by atoms with Crippen LogP contribution in [0, 0.1) is 17.8 Å². The summed E-state index contributed by atoms with van der Waals surface area (Å²) in [4.78, 5) is 14.4. The van der Waals surface area contributed by atoms with Crippen molar-refractivity contribution in [3.05, 3.63) is 40.8 Å². The number of nitrogens with one attached hydrogen (secondary N) is 1. The fourth-order valence-electron chi connectivity index (χ4n) is 5.54. The molecule has 172 valence electrons. The van der Waals surface area contributed by atoms with E-state index in [1.54, 1.807) is 6.07 Å². The number of nitrogens with zero attached hydrogens (tertiary/aromatic N) is 4. The Hall–Kier alpha value is -2.39. The van der Waals surface area contributed by atoms with E-state index < -0.39 is 12.1 Å². The normalized spacial score (nSPS) is 26.5. The van der Waals surface area contributed by atoms with E-state index >= 15 is 0 Å². The summed E-state index contributed by atoms with van der Waals surface area (Å²) in [6.45, 7) is 2.56. The monoisotopic (exact) mass is 445 g/mol. The highest BCUT2D eigenvalue weighted by Gasteiger charge is 2.41. The van der Waals surface area contributed by atoms with Crippen molar-refractivity contribution in [1.29, 1.82) is 0 Å². The van der Waals surface area contributed by atoms with Gasteiger partial charge in [-0.15, -0.1) is 10.2 Å². The third-order valence-corrected chi connectivity index (χ3v) is 7.15. The average molecular weight is 446 g/mol. The highest BCUT2D eigenvalue weighted by Crippen LogP contribution is 2.39. The highest BCUT2D eigenvalue weighted by atomic mass is 19.3. The molecule has 9 heteroatoms. The van der Waals surface area contributed by atoms with E-state index in [9.17, 15) is 13.6 Å². The second kappa shape index (κ2) is 9.23. The molecule has 1 unspecified atom stereocenters. The standard InChI is InChI=1S/C23H29F2N5O2/c24-23(25)30-6-3-16(11-22(30)31)20-1-2-21(28-27-20)26-19-9-17-13-29(14-18(17)10-19)12-15-4-7-32-8-5-15/h1-3,6,11,15,17-19,23H,4-5,7-10,12-14H2,(H,26,28)/t17-,18+,19?. The van der Waals surface area contributed by atoms with Crippen LogP contribution in [0.5, 0.6) is 0 Å². The van der Waals surface area contributed by atoms with Gasteiger partial charge in [0.1, 0.15) is 5.82 Å². The van der Waals surface area contributed by atoms with Gasteiger partial charge in [-0.25, -0.2) is 0 Å². The van der Waals surface area contributed by atoms with Crippen LogP contribution < -0.4 is 10.9 Å². The Morgan fingerprint density at radius 3 is 2.47 bits per heavy atom. The maximum atomic E-state index is 12.7. The van der Waals surface area contributed by atoms with E-state index in [-0.39, 0.29) is 0 Å². The molecule has 2 aromatic rings. The van der Waals surface area contributed by atoms with E-state index in [0.717, 1.165) is 56.1 Å². The number of ether oxygens (including phenoxy) is 1. The molecule has 2 aromatic heterocycles. The zero-order chi connectivity index (χ0) is 22.1. The number of likely N-dealkylation sites (tertiary alicyclic amines) is 1. The van der Waals surface area contributed by atoms with Crippen LogP contribution in [0.15, 0.2) is 35.3 Å². The van der Waals surface area contributed by atoms with E-state index in [1.165, 1.54) is 38.5 Å². The third kappa shape index (κ3) is 4.68. The first-order valence-electron chi connectivity index (χ1n) is 11.5. The molecule has 2 saturated heterocycles. The van der Waals surface area contributed by atoms with Crippen molar-refractivity contribution in [3.63, 3.8) is 0 Å². The van der Waals surface area contributed by atoms with E-state index in [0.29, 0.717) is 27.7 Å². The summed E-state index contributed by atoms with van der Waals surface area (Å²) in [6, 6.07) is 6.61. The van der Waals surface area contributed by atoms with Crippen molar-refractivity contribution in [3.8, 4) is 11.3 Å². The molecule has 0 aromatic carbocycles. The lowest BCUT2D eigenvalue weighted by Gasteiger charge is -2.27. The van der Waals surface area contributed by atoms with Gasteiger partial charge in [0.25, 0.3) is 5.56 Å². The Morgan fingerprint density at radius 1 is 1.09 bits per heavy atom. The predicted molar refractivity (Wildman–Crippen MR) is 117 cm³/mol. The molecule has 3 atom stereocenters. The van der Waals surface area contributed by atoms with Gasteiger partial charge in [0.15, 0.2) is 0 Å². The molecule has 5 rings (SSSR count). The van der Waals surface area contributed by atoms with Crippen molar-refractivity contribution >= 4 is 5.82 Å². The molecule has 0 amide bonds. The van der Waals surface area contributed by atoms with Gasteiger partial charge in [0.2, 0.25) is 0 Å². The van der Waals surface area contributed by atoms with Crippen LogP contribution in [0.25, 0.3) is 11.3 Å². The van der Waals surface area contributed by atoms with E-state index in [4.69, 9.17) is 4.74 Å². The molecular weight excluding hydrogens is 416 g/mol. The van der Waals surface area contributed by atoms with Crippen molar-refractivity contribution in [2.24, 2.45) is 17.8 Å². The number of aromatic nitrogens is 3. The Kier molecular flexibility index (Phi) is 6.19. The third-order valence-electron chi connectivity index (χ3n) is 7.15. The second-order valence-corrected chi connectivity index (χ2v) is 9.35. The predicted octanol–water partition coefficient (Wildman–Crippen LogP) is 3.25. The zero-order valence-electron chi connectivity index (χ0n) is 18.0. The summed E-state index contributed by atoms with van der Waals surface area (Å²) >= 11 is 0. The Morgan fingerprint density at radius 2 is 1.84 bits per heavy atom. The average Bonchev–Trinajstić information content (AvgIpc) is 3.32. The number of alkyl halides is 2. The molecule has 1 N–H and O–H groups in total. The molecule has 3 fully saturated rings. The Bertz CT molecular complexity index is 963. The molecule has 0 bridgehead atoms. The number of pyridine rings is 1. The van der Waals surface area contributed by atoms with Crippen LogP contribution in [0.1, 0.15) is 32.2 Å². The smallest absolute Gasteiger partial charge is 0.321 e.